The van der Waals surface area contributed by atoms with Crippen LogP contribution in [0.1, 0.15) is 37.3 Å². The number of hydrogen-bond donors (Lipinski definition) is 1. The molecule has 2 saturated heterocycles. The smallest absolute Gasteiger partial charge is 0.279 e. The first-order valence-electron chi connectivity index (χ1n) is 13.1. The molecule has 4 rings (SSSR count). The van der Waals surface area contributed by atoms with Gasteiger partial charge in [0.25, 0.3) is 10.2 Å². The number of hydrogen-bond acceptors (Lipinski definition) is 6. The summed E-state index contributed by atoms with van der Waals surface area (Å²) >= 11 is 12.5. The number of halogens is 3. The molecule has 38 heavy (non-hydrogen) atoms. The number of piperidine rings is 1. The summed E-state index contributed by atoms with van der Waals surface area (Å²) in [5.41, 5.74) is 1.40. The monoisotopic (exact) mass is 586 g/mol. The van der Waals surface area contributed by atoms with E-state index in [-0.39, 0.29) is 12.4 Å². The van der Waals surface area contributed by atoms with E-state index < -0.39 is 10.2 Å². The molecule has 0 radical (unpaired) electrons. The number of benzene rings is 1. The van der Waals surface area contributed by atoms with Crippen molar-refractivity contribution in [1.29, 1.82) is 0 Å². The molecule has 210 valence electrons. The minimum atomic E-state index is -3.52. The van der Waals surface area contributed by atoms with E-state index in [1.54, 1.807) is 24.4 Å². The molecule has 1 N–H and O–H groups in total. The lowest BCUT2D eigenvalue weighted by atomic mass is 9.97. The van der Waals surface area contributed by atoms with Crippen LogP contribution in [0.5, 0.6) is 0 Å². The summed E-state index contributed by atoms with van der Waals surface area (Å²) in [6.07, 6.45) is 4.82. The fourth-order valence-electron chi connectivity index (χ4n) is 5.31. The zero-order chi connectivity index (χ0) is 27.4. The molecular formula is C26H37Cl2FN6O2S. The first kappa shape index (κ1) is 29.5. The summed E-state index contributed by atoms with van der Waals surface area (Å²) in [5.74, 6) is 0.501. The quantitative estimate of drug-likeness (QED) is 0.479. The Morgan fingerprint density at radius 1 is 1.13 bits per heavy atom. The van der Waals surface area contributed by atoms with Gasteiger partial charge >= 0.3 is 0 Å². The summed E-state index contributed by atoms with van der Waals surface area (Å²) in [7, 11) is -0.561. The van der Waals surface area contributed by atoms with Crippen molar-refractivity contribution in [2.24, 2.45) is 0 Å². The minimum Gasteiger partial charge on any atom is -0.353 e. The zero-order valence-corrected chi connectivity index (χ0v) is 24.5. The van der Waals surface area contributed by atoms with Gasteiger partial charge in [-0.25, -0.2) is 9.37 Å². The molecule has 0 amide bonds. The van der Waals surface area contributed by atoms with E-state index in [9.17, 15) is 12.8 Å². The Hall–Kier alpha value is -1.53. The van der Waals surface area contributed by atoms with Crippen molar-refractivity contribution in [3.05, 3.63) is 57.5 Å². The normalized spacial score (nSPS) is 20.4. The molecule has 0 aliphatic carbocycles. The van der Waals surface area contributed by atoms with Crippen molar-refractivity contribution >= 4 is 39.2 Å². The molecular weight excluding hydrogens is 550 g/mol. The van der Waals surface area contributed by atoms with Crippen LogP contribution in [0, 0.1) is 5.82 Å². The summed E-state index contributed by atoms with van der Waals surface area (Å²) < 4.78 is 41.9. The first-order chi connectivity index (χ1) is 18.1. The summed E-state index contributed by atoms with van der Waals surface area (Å²) in [5, 5.41) is 0.951. The summed E-state index contributed by atoms with van der Waals surface area (Å²) in [4.78, 5) is 11.8. The average molecular weight is 588 g/mol. The van der Waals surface area contributed by atoms with E-state index in [0.717, 1.165) is 62.1 Å². The number of nitrogens with zero attached hydrogens (tertiary/aromatic N) is 5. The van der Waals surface area contributed by atoms with Crippen LogP contribution in [0.15, 0.2) is 30.5 Å². The van der Waals surface area contributed by atoms with Crippen molar-refractivity contribution in [3.63, 3.8) is 0 Å². The van der Waals surface area contributed by atoms with Crippen molar-refractivity contribution in [1.82, 2.24) is 23.8 Å². The Labute approximate surface area is 235 Å². The van der Waals surface area contributed by atoms with E-state index in [0.29, 0.717) is 39.8 Å². The maximum absolute atomic E-state index is 14.2. The molecule has 12 heteroatoms. The van der Waals surface area contributed by atoms with E-state index in [1.807, 2.05) is 0 Å². The molecule has 0 unspecified atom stereocenters. The first-order valence-corrected chi connectivity index (χ1v) is 15.3. The van der Waals surface area contributed by atoms with Crippen LogP contribution < -0.4 is 9.62 Å². The highest BCUT2D eigenvalue weighted by Crippen LogP contribution is 2.30. The van der Waals surface area contributed by atoms with Crippen molar-refractivity contribution < 1.29 is 12.8 Å². The van der Waals surface area contributed by atoms with Gasteiger partial charge in [-0.15, -0.1) is 0 Å². The Balaban J connectivity index is 1.32. The Kier molecular flexibility index (Phi) is 9.89. The second-order valence-corrected chi connectivity index (χ2v) is 13.1. The van der Waals surface area contributed by atoms with E-state index in [1.165, 1.54) is 20.2 Å². The van der Waals surface area contributed by atoms with Crippen LogP contribution in [-0.2, 0) is 23.3 Å². The predicted molar refractivity (Wildman–Crippen MR) is 151 cm³/mol. The number of pyridine rings is 1. The highest BCUT2D eigenvalue weighted by molar-refractivity contribution is 7.87. The molecule has 3 heterocycles. The lowest BCUT2D eigenvalue weighted by Crippen LogP contribution is -2.58. The highest BCUT2D eigenvalue weighted by atomic mass is 35.5. The zero-order valence-electron chi connectivity index (χ0n) is 22.2. The number of rotatable bonds is 9. The van der Waals surface area contributed by atoms with Gasteiger partial charge in [0.05, 0.1) is 5.02 Å². The summed E-state index contributed by atoms with van der Waals surface area (Å²) in [6, 6.07) is 7.59. The predicted octanol–water partition coefficient (Wildman–Crippen LogP) is 3.99. The lowest BCUT2D eigenvalue weighted by molar-refractivity contribution is 0.0607. The van der Waals surface area contributed by atoms with Crippen LogP contribution in [0.4, 0.5) is 10.2 Å². The van der Waals surface area contributed by atoms with Gasteiger partial charge in [-0.2, -0.15) is 17.4 Å². The second kappa shape index (κ2) is 12.8. The topological polar surface area (TPSA) is 72.0 Å². The van der Waals surface area contributed by atoms with E-state index in [4.69, 9.17) is 23.2 Å². The third kappa shape index (κ3) is 7.15. The van der Waals surface area contributed by atoms with Gasteiger partial charge in [-0.05, 0) is 56.1 Å². The van der Waals surface area contributed by atoms with Gasteiger partial charge in [0.2, 0.25) is 0 Å². The molecule has 2 aliphatic heterocycles. The molecule has 1 atom stereocenters. The average Bonchev–Trinajstić information content (AvgIpc) is 2.89. The van der Waals surface area contributed by atoms with Crippen molar-refractivity contribution in [3.8, 4) is 0 Å². The second-order valence-electron chi connectivity index (χ2n) is 10.2. The molecule has 0 bridgehead atoms. The van der Waals surface area contributed by atoms with Gasteiger partial charge in [0.1, 0.15) is 11.6 Å². The molecule has 2 aromatic rings. The fourth-order valence-corrected chi connectivity index (χ4v) is 6.38. The number of piperazine rings is 1. The third-order valence-corrected chi connectivity index (χ3v) is 9.54. The molecule has 8 nitrogen and oxygen atoms in total. The largest absolute Gasteiger partial charge is 0.353 e. The van der Waals surface area contributed by atoms with Crippen LogP contribution in [0.25, 0.3) is 0 Å². The van der Waals surface area contributed by atoms with Crippen molar-refractivity contribution in [2.75, 3.05) is 51.7 Å². The van der Waals surface area contributed by atoms with Crippen LogP contribution in [0.2, 0.25) is 10.0 Å². The molecule has 1 aromatic carbocycles. The Morgan fingerprint density at radius 3 is 2.50 bits per heavy atom. The fraction of sp³-hybridized carbons (Fsp3) is 0.577. The third-order valence-electron chi connectivity index (χ3n) is 7.55. The molecule has 2 fully saturated rings. The van der Waals surface area contributed by atoms with Crippen LogP contribution >= 0.6 is 23.2 Å². The van der Waals surface area contributed by atoms with Gasteiger partial charge in [-0.1, -0.05) is 36.2 Å². The minimum absolute atomic E-state index is 0.127. The molecule has 2 aliphatic rings. The van der Waals surface area contributed by atoms with Gasteiger partial charge < -0.3 is 4.90 Å². The molecule has 1 aromatic heterocycles. The maximum Gasteiger partial charge on any atom is 0.279 e. The maximum atomic E-state index is 14.2. The van der Waals surface area contributed by atoms with Gasteiger partial charge in [0.15, 0.2) is 0 Å². The van der Waals surface area contributed by atoms with Crippen LogP contribution in [0.3, 0.4) is 0 Å². The standard InChI is InChI=1S/C26H37Cl2FN6O2S/c1-4-22-18-34(26-24(28)13-19(15-30-26)16-31-38(36,37)32(2)3)11-12-35(22)23-7-9-33(10-8-23)17-20-5-6-21(27)14-25(20)29/h5-6,13-15,22-23,31H,4,7-12,16-18H2,1-3H3/t22-/m0/s1. The number of nitrogens with one attached hydrogen (secondary N) is 1. The number of anilines is 1. The highest BCUT2D eigenvalue weighted by Gasteiger charge is 2.34. The molecule has 0 saturated carbocycles. The number of aromatic nitrogens is 1. The summed E-state index contributed by atoms with van der Waals surface area (Å²) in [6.45, 7) is 7.43. The molecule has 0 spiro atoms. The van der Waals surface area contributed by atoms with E-state index >= 15 is 0 Å². The Bertz CT molecular complexity index is 1210. The SMILES string of the molecule is CC[C@H]1CN(c2ncc(CNS(=O)(=O)N(C)C)cc2Cl)CCN1C1CCN(Cc2ccc(Cl)cc2F)CC1. The van der Waals surface area contributed by atoms with Crippen molar-refractivity contribution in [2.45, 2.75) is 51.4 Å². The Morgan fingerprint density at radius 2 is 1.87 bits per heavy atom. The van der Waals surface area contributed by atoms with Crippen LogP contribution in [-0.4, -0.2) is 86.4 Å². The lowest BCUT2D eigenvalue weighted by Gasteiger charge is -2.47. The van der Waals surface area contributed by atoms with Gasteiger partial charge in [-0.3, -0.25) is 9.80 Å². The number of likely N-dealkylation sites (tertiary alicyclic amines) is 1. The van der Waals surface area contributed by atoms with E-state index in [2.05, 4.69) is 31.3 Å². The van der Waals surface area contributed by atoms with Gasteiger partial charge in [0, 0.05) is 75.7 Å².